The molecule has 1 rings (SSSR count). The summed E-state index contributed by atoms with van der Waals surface area (Å²) >= 11 is 0. The smallest absolute Gasteiger partial charge is 0.0698 e. The van der Waals surface area contributed by atoms with Crippen molar-refractivity contribution in [3.63, 3.8) is 0 Å². The summed E-state index contributed by atoms with van der Waals surface area (Å²) in [5, 5.41) is 8.54. The molecular formula is C10H22N2O2. The summed E-state index contributed by atoms with van der Waals surface area (Å²) in [7, 11) is 0. The van der Waals surface area contributed by atoms with Crippen LogP contribution in [0.4, 0.5) is 0 Å². The maximum atomic E-state index is 8.54. The second kappa shape index (κ2) is 7.17. The van der Waals surface area contributed by atoms with E-state index in [-0.39, 0.29) is 6.61 Å². The van der Waals surface area contributed by atoms with Crippen LogP contribution in [0.25, 0.3) is 0 Å². The first kappa shape index (κ1) is 11.9. The standard InChI is InChI=1S/C10H22N2O2/c11-4-5-12(10-2-1-3-10)6-8-14-9-7-13/h10,13H,1-9,11H2. The Morgan fingerprint density at radius 2 is 2.07 bits per heavy atom. The molecule has 0 saturated heterocycles. The normalized spacial score (nSPS) is 17.4. The van der Waals surface area contributed by atoms with Gasteiger partial charge in [-0.05, 0) is 12.8 Å². The van der Waals surface area contributed by atoms with E-state index in [1.165, 1.54) is 19.3 Å². The maximum Gasteiger partial charge on any atom is 0.0698 e. The van der Waals surface area contributed by atoms with Gasteiger partial charge < -0.3 is 15.6 Å². The van der Waals surface area contributed by atoms with Gasteiger partial charge in [0, 0.05) is 25.7 Å². The fourth-order valence-corrected chi connectivity index (χ4v) is 1.74. The number of rotatable bonds is 8. The van der Waals surface area contributed by atoms with E-state index in [4.69, 9.17) is 15.6 Å². The van der Waals surface area contributed by atoms with Crippen molar-refractivity contribution in [1.29, 1.82) is 0 Å². The lowest BCUT2D eigenvalue weighted by Crippen LogP contribution is -2.44. The van der Waals surface area contributed by atoms with Crippen molar-refractivity contribution in [2.45, 2.75) is 25.3 Å². The van der Waals surface area contributed by atoms with Crippen LogP contribution in [0.1, 0.15) is 19.3 Å². The summed E-state index contributed by atoms with van der Waals surface area (Å²) in [4.78, 5) is 2.40. The minimum atomic E-state index is 0.111. The Balaban J connectivity index is 2.08. The van der Waals surface area contributed by atoms with Gasteiger partial charge in [0.25, 0.3) is 0 Å². The van der Waals surface area contributed by atoms with Crippen LogP contribution in [0.5, 0.6) is 0 Å². The molecule has 0 aliphatic heterocycles. The summed E-state index contributed by atoms with van der Waals surface area (Å²) in [5.74, 6) is 0. The molecule has 0 bridgehead atoms. The summed E-state index contributed by atoms with van der Waals surface area (Å²) < 4.78 is 5.25. The zero-order valence-corrected chi connectivity index (χ0v) is 8.82. The summed E-state index contributed by atoms with van der Waals surface area (Å²) in [6, 6.07) is 0.733. The van der Waals surface area contributed by atoms with E-state index in [0.29, 0.717) is 13.2 Å². The number of aliphatic hydroxyl groups excluding tert-OH is 1. The lowest BCUT2D eigenvalue weighted by Gasteiger charge is -2.37. The molecule has 1 saturated carbocycles. The molecule has 1 fully saturated rings. The molecule has 4 nitrogen and oxygen atoms in total. The predicted octanol–water partition coefficient (Wildman–Crippen LogP) is -0.192. The molecule has 0 aromatic rings. The fraction of sp³-hybridized carbons (Fsp3) is 1.00. The summed E-state index contributed by atoms with van der Waals surface area (Å²) in [6.07, 6.45) is 3.96. The molecule has 3 N–H and O–H groups in total. The molecule has 0 unspecified atom stereocenters. The molecule has 0 heterocycles. The van der Waals surface area contributed by atoms with Crippen molar-refractivity contribution >= 4 is 0 Å². The van der Waals surface area contributed by atoms with Gasteiger partial charge in [-0.1, -0.05) is 6.42 Å². The summed E-state index contributed by atoms with van der Waals surface area (Å²) in [6.45, 7) is 3.89. The lowest BCUT2D eigenvalue weighted by atomic mass is 9.91. The van der Waals surface area contributed by atoms with Gasteiger partial charge in [-0.3, -0.25) is 4.90 Å². The van der Waals surface area contributed by atoms with Gasteiger partial charge in [0.2, 0.25) is 0 Å². The Bertz CT molecular complexity index is 140. The number of ether oxygens (including phenoxy) is 1. The van der Waals surface area contributed by atoms with Crippen LogP contribution in [-0.4, -0.2) is 55.5 Å². The van der Waals surface area contributed by atoms with Gasteiger partial charge in [0.1, 0.15) is 0 Å². The third-order valence-electron chi connectivity index (χ3n) is 2.77. The first-order valence-corrected chi connectivity index (χ1v) is 5.51. The van der Waals surface area contributed by atoms with E-state index in [9.17, 15) is 0 Å². The molecule has 0 spiro atoms. The molecule has 0 atom stereocenters. The maximum absolute atomic E-state index is 8.54. The SMILES string of the molecule is NCCN(CCOCCO)C1CCC1. The first-order chi connectivity index (χ1) is 6.88. The quantitative estimate of drug-likeness (QED) is 0.536. The minimum Gasteiger partial charge on any atom is -0.394 e. The predicted molar refractivity (Wildman–Crippen MR) is 56.2 cm³/mol. The van der Waals surface area contributed by atoms with Gasteiger partial charge in [-0.2, -0.15) is 0 Å². The van der Waals surface area contributed by atoms with Crippen molar-refractivity contribution in [3.8, 4) is 0 Å². The van der Waals surface area contributed by atoms with Crippen LogP contribution in [0, 0.1) is 0 Å². The van der Waals surface area contributed by atoms with Gasteiger partial charge in [0.05, 0.1) is 19.8 Å². The number of nitrogens with two attached hydrogens (primary N) is 1. The highest BCUT2D eigenvalue weighted by atomic mass is 16.5. The second-order valence-electron chi connectivity index (χ2n) is 3.75. The van der Waals surface area contributed by atoms with Crippen LogP contribution < -0.4 is 5.73 Å². The third kappa shape index (κ3) is 3.92. The fourth-order valence-electron chi connectivity index (χ4n) is 1.74. The van der Waals surface area contributed by atoms with Gasteiger partial charge in [-0.25, -0.2) is 0 Å². The van der Waals surface area contributed by atoms with Crippen molar-refractivity contribution in [3.05, 3.63) is 0 Å². The van der Waals surface area contributed by atoms with E-state index in [1.54, 1.807) is 0 Å². The molecule has 0 amide bonds. The second-order valence-corrected chi connectivity index (χ2v) is 3.75. The zero-order chi connectivity index (χ0) is 10.2. The lowest BCUT2D eigenvalue weighted by molar-refractivity contribution is 0.0498. The average Bonchev–Trinajstić information content (AvgIpc) is 2.10. The molecule has 0 radical (unpaired) electrons. The Kier molecular flexibility index (Phi) is 6.10. The highest BCUT2D eigenvalue weighted by Crippen LogP contribution is 2.23. The highest BCUT2D eigenvalue weighted by molar-refractivity contribution is 4.79. The van der Waals surface area contributed by atoms with Crippen LogP contribution in [0.2, 0.25) is 0 Å². The number of aliphatic hydroxyl groups is 1. The number of hydrogen-bond donors (Lipinski definition) is 2. The molecule has 1 aliphatic rings. The van der Waals surface area contributed by atoms with Crippen molar-refractivity contribution in [2.24, 2.45) is 5.73 Å². The Hall–Kier alpha value is -0.160. The molecular weight excluding hydrogens is 180 g/mol. The van der Waals surface area contributed by atoms with E-state index in [2.05, 4.69) is 4.90 Å². The average molecular weight is 202 g/mol. The molecule has 0 aromatic heterocycles. The van der Waals surface area contributed by atoms with E-state index >= 15 is 0 Å². The number of hydrogen-bond acceptors (Lipinski definition) is 4. The first-order valence-electron chi connectivity index (χ1n) is 5.51. The molecule has 14 heavy (non-hydrogen) atoms. The Labute approximate surface area is 86.0 Å². The van der Waals surface area contributed by atoms with Crippen molar-refractivity contribution < 1.29 is 9.84 Å². The van der Waals surface area contributed by atoms with E-state index < -0.39 is 0 Å². The zero-order valence-electron chi connectivity index (χ0n) is 8.82. The van der Waals surface area contributed by atoms with Crippen LogP contribution in [0.3, 0.4) is 0 Å². The van der Waals surface area contributed by atoms with Crippen molar-refractivity contribution in [1.82, 2.24) is 4.90 Å². The molecule has 84 valence electrons. The van der Waals surface area contributed by atoms with Crippen LogP contribution in [0.15, 0.2) is 0 Å². The van der Waals surface area contributed by atoms with Gasteiger partial charge >= 0.3 is 0 Å². The van der Waals surface area contributed by atoms with Gasteiger partial charge in [0.15, 0.2) is 0 Å². The summed E-state index contributed by atoms with van der Waals surface area (Å²) in [5.41, 5.74) is 5.55. The van der Waals surface area contributed by atoms with Crippen molar-refractivity contribution in [2.75, 3.05) is 39.5 Å². The van der Waals surface area contributed by atoms with Crippen LogP contribution in [-0.2, 0) is 4.74 Å². The molecule has 0 aromatic carbocycles. The van der Waals surface area contributed by atoms with Crippen LogP contribution >= 0.6 is 0 Å². The topological polar surface area (TPSA) is 58.7 Å². The van der Waals surface area contributed by atoms with E-state index in [0.717, 1.165) is 25.7 Å². The minimum absolute atomic E-state index is 0.111. The third-order valence-corrected chi connectivity index (χ3v) is 2.77. The largest absolute Gasteiger partial charge is 0.394 e. The van der Waals surface area contributed by atoms with E-state index in [1.807, 2.05) is 0 Å². The monoisotopic (exact) mass is 202 g/mol. The molecule has 4 heteroatoms. The van der Waals surface area contributed by atoms with Gasteiger partial charge in [-0.15, -0.1) is 0 Å². The Morgan fingerprint density at radius 1 is 1.29 bits per heavy atom. The molecule has 1 aliphatic carbocycles. The highest BCUT2D eigenvalue weighted by Gasteiger charge is 2.23. The Morgan fingerprint density at radius 3 is 2.57 bits per heavy atom. The number of nitrogens with zero attached hydrogens (tertiary/aromatic N) is 1.